The summed E-state index contributed by atoms with van der Waals surface area (Å²) in [6.07, 6.45) is 8.40. The minimum atomic E-state index is 0.0711. The van der Waals surface area contributed by atoms with Crippen molar-refractivity contribution in [2.45, 2.75) is 77.0 Å². The van der Waals surface area contributed by atoms with Crippen LogP contribution in [0.3, 0.4) is 0 Å². The molecule has 0 radical (unpaired) electrons. The molecule has 23 heavy (non-hydrogen) atoms. The van der Waals surface area contributed by atoms with Gasteiger partial charge < -0.3 is 15.8 Å². The summed E-state index contributed by atoms with van der Waals surface area (Å²) in [5.41, 5.74) is 6.44. The molecule has 1 saturated heterocycles. The highest BCUT2D eigenvalue weighted by Crippen LogP contribution is 2.51. The molecule has 4 heteroatoms. The highest BCUT2D eigenvalue weighted by molar-refractivity contribution is 5.79. The summed E-state index contributed by atoms with van der Waals surface area (Å²) in [5, 5.41) is 3.42. The zero-order valence-electron chi connectivity index (χ0n) is 14.6. The average molecular weight is 320 g/mol. The number of fused-ring (bicyclic) bond motifs is 3. The summed E-state index contributed by atoms with van der Waals surface area (Å²) >= 11 is 0. The highest BCUT2D eigenvalue weighted by atomic mass is 16.5. The molecule has 0 aromatic carbocycles. The summed E-state index contributed by atoms with van der Waals surface area (Å²) in [5.74, 6) is 2.13. The van der Waals surface area contributed by atoms with Crippen molar-refractivity contribution in [3.63, 3.8) is 0 Å². The summed E-state index contributed by atoms with van der Waals surface area (Å²) in [7, 11) is 0. The normalized spacial score (nSPS) is 48.0. The van der Waals surface area contributed by atoms with Gasteiger partial charge in [0.2, 0.25) is 5.91 Å². The van der Waals surface area contributed by atoms with E-state index in [2.05, 4.69) is 19.2 Å². The summed E-state index contributed by atoms with van der Waals surface area (Å²) in [6.45, 7) is 5.38. The molecule has 4 aliphatic rings. The predicted molar refractivity (Wildman–Crippen MR) is 89.7 cm³/mol. The minimum absolute atomic E-state index is 0.0711. The zero-order valence-corrected chi connectivity index (χ0v) is 14.6. The van der Waals surface area contributed by atoms with Gasteiger partial charge in [-0.15, -0.1) is 0 Å². The van der Waals surface area contributed by atoms with Gasteiger partial charge in [-0.25, -0.2) is 0 Å². The van der Waals surface area contributed by atoms with E-state index in [1.54, 1.807) is 0 Å². The Balaban J connectivity index is 1.40. The van der Waals surface area contributed by atoms with Crippen molar-refractivity contribution in [2.24, 2.45) is 34.8 Å². The summed E-state index contributed by atoms with van der Waals surface area (Å²) in [4.78, 5) is 12.9. The van der Waals surface area contributed by atoms with Gasteiger partial charge in [-0.2, -0.15) is 0 Å². The predicted octanol–water partition coefficient (Wildman–Crippen LogP) is 2.46. The first kappa shape index (κ1) is 15.9. The molecule has 0 aromatic heterocycles. The number of nitrogens with one attached hydrogen (secondary N) is 1. The lowest BCUT2D eigenvalue weighted by Gasteiger charge is -2.60. The Kier molecular flexibility index (Phi) is 3.96. The number of ether oxygens (including phenoxy) is 1. The highest BCUT2D eigenvalue weighted by Gasteiger charge is 2.58. The Bertz CT molecular complexity index is 464. The molecule has 3 N–H and O–H groups in total. The van der Waals surface area contributed by atoms with Crippen LogP contribution >= 0.6 is 0 Å². The Morgan fingerprint density at radius 2 is 1.83 bits per heavy atom. The third kappa shape index (κ3) is 2.53. The maximum Gasteiger partial charge on any atom is 0.223 e. The van der Waals surface area contributed by atoms with Crippen molar-refractivity contribution >= 4 is 5.91 Å². The molecule has 5 atom stereocenters. The maximum atomic E-state index is 12.9. The summed E-state index contributed by atoms with van der Waals surface area (Å²) in [6, 6.07) is 0.625. The van der Waals surface area contributed by atoms with Crippen molar-refractivity contribution in [3.8, 4) is 0 Å². The van der Waals surface area contributed by atoms with Gasteiger partial charge in [0.25, 0.3) is 0 Å². The molecule has 4 rings (SSSR count). The van der Waals surface area contributed by atoms with Gasteiger partial charge in [0.15, 0.2) is 0 Å². The molecule has 3 aliphatic carbocycles. The van der Waals surface area contributed by atoms with Crippen LogP contribution in [0.2, 0.25) is 0 Å². The lowest BCUT2D eigenvalue weighted by Crippen LogP contribution is -2.70. The lowest BCUT2D eigenvalue weighted by atomic mass is 9.55. The molecule has 130 valence electrons. The zero-order chi connectivity index (χ0) is 16.2. The first-order chi connectivity index (χ1) is 11.0. The van der Waals surface area contributed by atoms with Crippen LogP contribution in [0.5, 0.6) is 0 Å². The van der Waals surface area contributed by atoms with Crippen molar-refractivity contribution in [3.05, 3.63) is 0 Å². The largest absolute Gasteiger partial charge is 0.377 e. The van der Waals surface area contributed by atoms with Crippen LogP contribution in [-0.4, -0.2) is 30.7 Å². The Morgan fingerprint density at radius 3 is 2.52 bits per heavy atom. The fourth-order valence-corrected chi connectivity index (χ4v) is 6.09. The van der Waals surface area contributed by atoms with E-state index in [9.17, 15) is 4.79 Å². The molecule has 0 spiro atoms. The monoisotopic (exact) mass is 320 g/mol. The standard InChI is InChI=1S/C19H32N2O2/c1-19(2)16(14-7-4-8-23-17(14)19)21-18(22)13-9-11-5-3-6-12(10-13)15(11)20/h11-17H,3-10,20H2,1-2H3,(H,21,22). The van der Waals surface area contributed by atoms with Gasteiger partial charge in [-0.05, 0) is 50.4 Å². The van der Waals surface area contributed by atoms with Crippen LogP contribution in [0.1, 0.15) is 58.8 Å². The SMILES string of the molecule is CC1(C)C(NC(=O)C2CC3CCCC(C2)C3N)C2CCCOC21. The summed E-state index contributed by atoms with van der Waals surface area (Å²) < 4.78 is 5.96. The van der Waals surface area contributed by atoms with Crippen molar-refractivity contribution in [1.29, 1.82) is 0 Å². The third-order valence-electron chi connectivity index (χ3n) is 7.41. The average Bonchev–Trinajstić information content (AvgIpc) is 2.52. The van der Waals surface area contributed by atoms with E-state index < -0.39 is 0 Å². The van der Waals surface area contributed by atoms with Gasteiger partial charge >= 0.3 is 0 Å². The molecule has 1 heterocycles. The number of carbonyl (C=O) groups is 1. The van der Waals surface area contributed by atoms with E-state index in [4.69, 9.17) is 10.5 Å². The van der Waals surface area contributed by atoms with Crippen LogP contribution < -0.4 is 11.1 Å². The molecule has 4 fully saturated rings. The molecular formula is C19H32N2O2. The van der Waals surface area contributed by atoms with Crippen LogP contribution in [0, 0.1) is 29.1 Å². The lowest BCUT2D eigenvalue weighted by molar-refractivity contribution is -0.194. The van der Waals surface area contributed by atoms with Gasteiger partial charge in [0, 0.05) is 35.9 Å². The van der Waals surface area contributed by atoms with Gasteiger partial charge in [-0.1, -0.05) is 20.3 Å². The molecule has 2 bridgehead atoms. The smallest absolute Gasteiger partial charge is 0.223 e. The molecule has 1 amide bonds. The minimum Gasteiger partial charge on any atom is -0.377 e. The fraction of sp³-hybridized carbons (Fsp3) is 0.947. The molecule has 0 aromatic rings. The molecule has 4 nitrogen and oxygen atoms in total. The van der Waals surface area contributed by atoms with Crippen LogP contribution in [-0.2, 0) is 9.53 Å². The number of hydrogen-bond acceptors (Lipinski definition) is 3. The fourth-order valence-electron chi connectivity index (χ4n) is 6.09. The van der Waals surface area contributed by atoms with E-state index in [1.165, 1.54) is 25.7 Å². The van der Waals surface area contributed by atoms with E-state index in [0.29, 0.717) is 29.9 Å². The van der Waals surface area contributed by atoms with E-state index in [1.807, 2.05) is 0 Å². The first-order valence-electron chi connectivity index (χ1n) is 9.66. The van der Waals surface area contributed by atoms with E-state index in [-0.39, 0.29) is 23.3 Å². The number of rotatable bonds is 2. The van der Waals surface area contributed by atoms with Crippen LogP contribution in [0.25, 0.3) is 0 Å². The number of carbonyl (C=O) groups excluding carboxylic acids is 1. The topological polar surface area (TPSA) is 64.4 Å². The Hall–Kier alpha value is -0.610. The molecule has 3 saturated carbocycles. The number of hydrogen-bond donors (Lipinski definition) is 2. The quantitative estimate of drug-likeness (QED) is 0.821. The van der Waals surface area contributed by atoms with E-state index >= 15 is 0 Å². The van der Waals surface area contributed by atoms with Crippen LogP contribution in [0.4, 0.5) is 0 Å². The first-order valence-corrected chi connectivity index (χ1v) is 9.66. The Morgan fingerprint density at radius 1 is 1.13 bits per heavy atom. The van der Waals surface area contributed by atoms with Crippen molar-refractivity contribution in [1.82, 2.24) is 5.32 Å². The Labute approximate surface area is 139 Å². The second-order valence-corrected chi connectivity index (χ2v) is 9.10. The van der Waals surface area contributed by atoms with Crippen molar-refractivity contribution in [2.75, 3.05) is 6.61 Å². The maximum absolute atomic E-state index is 12.9. The third-order valence-corrected chi connectivity index (χ3v) is 7.41. The molecule has 1 aliphatic heterocycles. The second kappa shape index (κ2) is 5.73. The van der Waals surface area contributed by atoms with Gasteiger partial charge in [0.05, 0.1) is 6.10 Å². The van der Waals surface area contributed by atoms with Gasteiger partial charge in [0.1, 0.15) is 0 Å². The second-order valence-electron chi connectivity index (χ2n) is 9.10. The number of amides is 1. The molecular weight excluding hydrogens is 288 g/mol. The van der Waals surface area contributed by atoms with E-state index in [0.717, 1.165) is 25.9 Å². The van der Waals surface area contributed by atoms with Crippen molar-refractivity contribution < 1.29 is 9.53 Å². The molecule has 5 unspecified atom stereocenters. The van der Waals surface area contributed by atoms with Crippen LogP contribution in [0.15, 0.2) is 0 Å². The number of nitrogens with two attached hydrogens (primary N) is 1. The van der Waals surface area contributed by atoms with Gasteiger partial charge in [-0.3, -0.25) is 4.79 Å².